The molecule has 11 heteroatoms. The van der Waals surface area contributed by atoms with E-state index in [4.69, 9.17) is 0 Å². The van der Waals surface area contributed by atoms with Crippen LogP contribution in [0.25, 0.3) is 16.6 Å². The molecule has 0 spiro atoms. The minimum absolute atomic E-state index is 0.0239. The molecule has 0 bridgehead atoms. The van der Waals surface area contributed by atoms with E-state index in [1.54, 1.807) is 37.3 Å². The molecule has 3 aromatic rings. The third-order valence-corrected chi connectivity index (χ3v) is 7.48. The summed E-state index contributed by atoms with van der Waals surface area (Å²) in [6.45, 7) is 0.252. The summed E-state index contributed by atoms with van der Waals surface area (Å²) in [5, 5.41) is 18.0. The van der Waals surface area contributed by atoms with Crippen molar-refractivity contribution in [2.24, 2.45) is 0 Å². The highest BCUT2D eigenvalue weighted by Gasteiger charge is 2.39. The number of aromatic nitrogens is 2. The number of hydrogen-bond acceptors (Lipinski definition) is 6. The van der Waals surface area contributed by atoms with Crippen molar-refractivity contribution >= 4 is 26.6 Å². The van der Waals surface area contributed by atoms with E-state index in [1.165, 1.54) is 23.7 Å². The number of alkyl halides is 2. The molecule has 2 heterocycles. The molecule has 0 saturated carbocycles. The number of amides is 1. The molecule has 8 nitrogen and oxygen atoms in total. The van der Waals surface area contributed by atoms with Gasteiger partial charge in [-0.1, -0.05) is 6.07 Å². The van der Waals surface area contributed by atoms with Crippen molar-refractivity contribution < 1.29 is 31.8 Å². The quantitative estimate of drug-likeness (QED) is 0.563. The first-order valence-electron chi connectivity index (χ1n) is 10.3. The number of ether oxygens (including phenoxy) is 1. The van der Waals surface area contributed by atoms with Crippen molar-refractivity contribution in [3.8, 4) is 11.4 Å². The monoisotopic (exact) mass is 479 g/mol. The molecule has 1 aliphatic rings. The van der Waals surface area contributed by atoms with Gasteiger partial charge in [-0.05, 0) is 50.6 Å². The van der Waals surface area contributed by atoms with E-state index in [0.29, 0.717) is 28.7 Å². The van der Waals surface area contributed by atoms with E-state index in [9.17, 15) is 27.1 Å². The van der Waals surface area contributed by atoms with Crippen LogP contribution in [-0.4, -0.2) is 52.9 Å². The molecule has 1 aromatic heterocycles. The fourth-order valence-corrected chi connectivity index (χ4v) is 6.13. The number of aliphatic hydroxyl groups excluding tert-OH is 1. The summed E-state index contributed by atoms with van der Waals surface area (Å²) in [6.07, 6.45) is -0.637. The predicted octanol–water partition coefficient (Wildman–Crippen LogP) is 2.99. The molecular weight excluding hydrogens is 456 g/mol. The summed E-state index contributed by atoms with van der Waals surface area (Å²) in [5.41, 5.74) is 0.712. The van der Waals surface area contributed by atoms with Crippen LogP contribution in [0.15, 0.2) is 42.5 Å². The van der Waals surface area contributed by atoms with Crippen molar-refractivity contribution in [2.45, 2.75) is 38.5 Å². The second-order valence-corrected chi connectivity index (χ2v) is 10.6. The van der Waals surface area contributed by atoms with Crippen LogP contribution in [0.3, 0.4) is 0 Å². The van der Waals surface area contributed by atoms with Crippen molar-refractivity contribution in [3.63, 3.8) is 0 Å². The van der Waals surface area contributed by atoms with E-state index in [1.807, 2.05) is 0 Å². The van der Waals surface area contributed by atoms with Crippen LogP contribution in [0.4, 0.5) is 8.78 Å². The number of halogens is 2. The van der Waals surface area contributed by atoms with Gasteiger partial charge in [0, 0.05) is 17.0 Å². The number of benzene rings is 2. The van der Waals surface area contributed by atoms with Crippen LogP contribution in [0.2, 0.25) is 0 Å². The van der Waals surface area contributed by atoms with Crippen LogP contribution in [0.1, 0.15) is 42.4 Å². The predicted molar refractivity (Wildman–Crippen MR) is 117 cm³/mol. The van der Waals surface area contributed by atoms with Gasteiger partial charge in [-0.25, -0.2) is 13.1 Å². The smallest absolute Gasteiger partial charge is 0.387 e. The van der Waals surface area contributed by atoms with Crippen molar-refractivity contribution in [2.75, 3.05) is 11.5 Å². The Morgan fingerprint density at radius 1 is 1.27 bits per heavy atom. The third-order valence-electron chi connectivity index (χ3n) is 5.57. The van der Waals surface area contributed by atoms with Crippen LogP contribution in [0.5, 0.6) is 5.75 Å². The minimum Gasteiger partial charge on any atom is -0.435 e. The fourth-order valence-electron chi connectivity index (χ4n) is 4.03. The maximum Gasteiger partial charge on any atom is 0.387 e. The lowest BCUT2D eigenvalue weighted by Gasteiger charge is -2.23. The molecule has 1 aliphatic heterocycles. The number of rotatable bonds is 6. The lowest BCUT2D eigenvalue weighted by molar-refractivity contribution is -0.0498. The molecule has 33 heavy (non-hydrogen) atoms. The van der Waals surface area contributed by atoms with Crippen molar-refractivity contribution in [3.05, 3.63) is 53.7 Å². The highest BCUT2D eigenvalue weighted by Crippen LogP contribution is 2.29. The van der Waals surface area contributed by atoms with Gasteiger partial charge < -0.3 is 15.2 Å². The van der Waals surface area contributed by atoms with Crippen LogP contribution in [-0.2, 0) is 9.84 Å². The summed E-state index contributed by atoms with van der Waals surface area (Å²) in [7, 11) is -3.19. The van der Waals surface area contributed by atoms with Gasteiger partial charge in [0.15, 0.2) is 9.84 Å². The lowest BCUT2D eigenvalue weighted by atomic mass is 10.0. The Labute approximate surface area is 189 Å². The largest absolute Gasteiger partial charge is 0.435 e. The highest BCUT2D eigenvalue weighted by atomic mass is 32.2. The number of hydrogen-bond donors (Lipinski definition) is 2. The minimum atomic E-state index is -3.19. The highest BCUT2D eigenvalue weighted by molar-refractivity contribution is 7.91. The first-order valence-corrected chi connectivity index (χ1v) is 12.1. The number of nitrogens with one attached hydrogen (secondary N) is 1. The van der Waals surface area contributed by atoms with Crippen LogP contribution < -0.4 is 10.1 Å². The van der Waals surface area contributed by atoms with E-state index in [0.717, 1.165) is 0 Å². The zero-order chi connectivity index (χ0) is 24.0. The summed E-state index contributed by atoms with van der Waals surface area (Å²) in [5.74, 6) is -0.577. The van der Waals surface area contributed by atoms with Gasteiger partial charge in [-0.2, -0.15) is 13.9 Å². The first kappa shape index (κ1) is 23.1. The maximum atomic E-state index is 12.9. The Balaban J connectivity index is 1.71. The number of carbonyl (C=O) groups is 1. The van der Waals surface area contributed by atoms with Crippen LogP contribution in [0, 0.1) is 0 Å². The Hall–Kier alpha value is -3.05. The fraction of sp³-hybridized carbons (Fsp3) is 0.364. The second-order valence-electron chi connectivity index (χ2n) is 8.44. The van der Waals surface area contributed by atoms with E-state index >= 15 is 0 Å². The maximum absolute atomic E-state index is 12.9. The Morgan fingerprint density at radius 3 is 2.67 bits per heavy atom. The van der Waals surface area contributed by atoms with Gasteiger partial charge in [0.1, 0.15) is 5.75 Å². The SMILES string of the molecule is CC(O)c1nn(-c2cccc(OC(F)F)c2)c2ccc(C(=O)NC3(C)CCS(=O)(=O)C3)cc12. The van der Waals surface area contributed by atoms with Crippen molar-refractivity contribution in [1.29, 1.82) is 0 Å². The van der Waals surface area contributed by atoms with Gasteiger partial charge in [0.05, 0.1) is 40.0 Å². The zero-order valence-electron chi connectivity index (χ0n) is 18.0. The standard InChI is InChI=1S/C22H23F2N3O5S/c1-13(28)19-17-10-14(20(29)25-22(2)8-9-33(30,31)12-22)6-7-18(17)27(26-19)15-4-3-5-16(11-15)32-21(23)24/h3-7,10-11,13,21,28H,8-9,12H2,1-2H3,(H,25,29). The second kappa shape index (κ2) is 8.38. The summed E-state index contributed by atoms with van der Waals surface area (Å²) >= 11 is 0. The molecule has 4 rings (SSSR count). The topological polar surface area (TPSA) is 111 Å². The molecule has 0 aliphatic carbocycles. The Bertz CT molecular complexity index is 1320. The average molecular weight is 480 g/mol. The number of fused-ring (bicyclic) bond motifs is 1. The molecule has 1 saturated heterocycles. The van der Waals surface area contributed by atoms with Gasteiger partial charge in [-0.3, -0.25) is 4.79 Å². The molecule has 2 unspecified atom stereocenters. The summed E-state index contributed by atoms with van der Waals surface area (Å²) in [4.78, 5) is 12.9. The summed E-state index contributed by atoms with van der Waals surface area (Å²) in [6, 6.07) is 10.8. The van der Waals surface area contributed by atoms with Gasteiger partial charge >= 0.3 is 6.61 Å². The first-order chi connectivity index (χ1) is 15.5. The molecule has 2 N–H and O–H groups in total. The van der Waals surface area contributed by atoms with Gasteiger partial charge in [0.2, 0.25) is 0 Å². The lowest BCUT2D eigenvalue weighted by Crippen LogP contribution is -2.46. The zero-order valence-corrected chi connectivity index (χ0v) is 18.8. The molecule has 1 amide bonds. The molecule has 2 atom stereocenters. The number of aliphatic hydroxyl groups is 1. The molecular formula is C22H23F2N3O5S. The van der Waals surface area contributed by atoms with E-state index in [-0.39, 0.29) is 22.8 Å². The number of carbonyl (C=O) groups excluding carboxylic acids is 1. The summed E-state index contributed by atoms with van der Waals surface area (Å²) < 4.78 is 54.8. The normalized spacial score (nSPS) is 20.8. The molecule has 1 fully saturated rings. The third kappa shape index (κ3) is 4.83. The van der Waals surface area contributed by atoms with E-state index in [2.05, 4.69) is 15.2 Å². The van der Waals surface area contributed by atoms with E-state index < -0.39 is 34.0 Å². The molecule has 2 aromatic carbocycles. The molecule has 0 radical (unpaired) electrons. The molecule has 176 valence electrons. The van der Waals surface area contributed by atoms with Crippen LogP contribution >= 0.6 is 0 Å². The average Bonchev–Trinajstić information content (AvgIpc) is 3.24. The van der Waals surface area contributed by atoms with Crippen molar-refractivity contribution in [1.82, 2.24) is 15.1 Å². The van der Waals surface area contributed by atoms with Gasteiger partial charge in [0.25, 0.3) is 5.91 Å². The van der Waals surface area contributed by atoms with Gasteiger partial charge in [-0.15, -0.1) is 0 Å². The number of nitrogens with zero attached hydrogens (tertiary/aromatic N) is 2. The Morgan fingerprint density at radius 2 is 2.03 bits per heavy atom. The number of sulfone groups is 1. The Kier molecular flexibility index (Phi) is 5.87.